The minimum atomic E-state index is -0.855. The number of nitrogens with zero attached hydrogens (tertiary/aromatic N) is 2. The summed E-state index contributed by atoms with van der Waals surface area (Å²) < 4.78 is 26.1. The Morgan fingerprint density at radius 3 is 2.60 bits per heavy atom. The highest BCUT2D eigenvalue weighted by Gasteiger charge is 2.08. The van der Waals surface area contributed by atoms with Gasteiger partial charge < -0.3 is 5.32 Å². The molecule has 0 aliphatic rings. The van der Waals surface area contributed by atoms with E-state index < -0.39 is 11.6 Å². The van der Waals surface area contributed by atoms with Crippen molar-refractivity contribution in [3.63, 3.8) is 0 Å². The molecule has 20 heavy (non-hydrogen) atoms. The number of aryl methyl sites for hydroxylation is 1. The highest BCUT2D eigenvalue weighted by molar-refractivity contribution is 7.99. The van der Waals surface area contributed by atoms with Crippen LogP contribution in [0.1, 0.15) is 19.2 Å². The lowest BCUT2D eigenvalue weighted by molar-refractivity contribution is 0.506. The maximum atomic E-state index is 13.2. The normalized spacial score (nSPS) is 10.6. The van der Waals surface area contributed by atoms with Gasteiger partial charge in [0, 0.05) is 24.4 Å². The summed E-state index contributed by atoms with van der Waals surface area (Å²) in [4.78, 5) is 9.36. The summed E-state index contributed by atoms with van der Waals surface area (Å²) in [6, 6.07) is 5.60. The first kappa shape index (κ1) is 14.7. The van der Waals surface area contributed by atoms with Crippen LogP contribution in [0, 0.1) is 11.6 Å². The molecule has 0 saturated carbocycles. The Morgan fingerprint density at radius 2 is 1.95 bits per heavy atom. The summed E-state index contributed by atoms with van der Waals surface area (Å²) in [5, 5.41) is 3.68. The van der Waals surface area contributed by atoms with Gasteiger partial charge in [0.2, 0.25) is 0 Å². The number of hydrogen-bond donors (Lipinski definition) is 1. The number of aromatic nitrogens is 2. The van der Waals surface area contributed by atoms with Gasteiger partial charge in [-0.3, -0.25) is 0 Å². The third-order valence-corrected chi connectivity index (χ3v) is 3.50. The van der Waals surface area contributed by atoms with E-state index in [2.05, 4.69) is 22.2 Å². The van der Waals surface area contributed by atoms with Gasteiger partial charge in [-0.2, -0.15) is 0 Å². The van der Waals surface area contributed by atoms with Crippen LogP contribution in [0.4, 0.5) is 14.6 Å². The number of hydrogen-bond acceptors (Lipinski definition) is 4. The fourth-order valence-corrected chi connectivity index (χ4v) is 2.51. The van der Waals surface area contributed by atoms with Crippen LogP contribution >= 0.6 is 11.8 Å². The van der Waals surface area contributed by atoms with Crippen molar-refractivity contribution in [1.29, 1.82) is 0 Å². The molecule has 0 radical (unpaired) electrons. The average molecular weight is 295 g/mol. The lowest BCUT2D eigenvalue weighted by Gasteiger charge is -2.07. The maximum Gasteiger partial charge on any atom is 0.159 e. The van der Waals surface area contributed by atoms with E-state index >= 15 is 0 Å². The fourth-order valence-electron chi connectivity index (χ4n) is 1.65. The minimum Gasteiger partial charge on any atom is -0.373 e. The van der Waals surface area contributed by atoms with Crippen LogP contribution in [0.25, 0.3) is 0 Å². The second kappa shape index (κ2) is 6.65. The Bertz CT molecular complexity index is 605. The van der Waals surface area contributed by atoms with Crippen LogP contribution < -0.4 is 5.32 Å². The van der Waals surface area contributed by atoms with E-state index in [-0.39, 0.29) is 0 Å². The molecule has 0 bridgehead atoms. The maximum absolute atomic E-state index is 13.2. The number of anilines is 1. The second-order valence-electron chi connectivity index (χ2n) is 4.19. The second-order valence-corrected chi connectivity index (χ2v) is 5.28. The van der Waals surface area contributed by atoms with E-state index in [1.807, 2.05) is 0 Å². The van der Waals surface area contributed by atoms with Gasteiger partial charge in [-0.1, -0.05) is 18.7 Å². The predicted molar refractivity (Wildman–Crippen MR) is 76.1 cm³/mol. The first-order chi connectivity index (χ1) is 9.62. The Kier molecular flexibility index (Phi) is 4.89. The molecule has 2 rings (SSSR count). The van der Waals surface area contributed by atoms with E-state index in [9.17, 15) is 8.78 Å². The molecular weight excluding hydrogens is 280 g/mol. The van der Waals surface area contributed by atoms with Crippen LogP contribution in [0.15, 0.2) is 34.2 Å². The molecule has 0 fully saturated rings. The number of benzene rings is 1. The monoisotopic (exact) mass is 295 g/mol. The quantitative estimate of drug-likeness (QED) is 0.849. The van der Waals surface area contributed by atoms with E-state index in [0.29, 0.717) is 15.7 Å². The summed E-state index contributed by atoms with van der Waals surface area (Å²) in [5.41, 5.74) is 0. The topological polar surface area (TPSA) is 37.8 Å². The molecule has 0 aliphatic heterocycles. The van der Waals surface area contributed by atoms with Crippen molar-refractivity contribution in [3.8, 4) is 0 Å². The van der Waals surface area contributed by atoms with Gasteiger partial charge >= 0.3 is 0 Å². The molecule has 106 valence electrons. The van der Waals surface area contributed by atoms with Gasteiger partial charge in [0.1, 0.15) is 16.7 Å². The summed E-state index contributed by atoms with van der Waals surface area (Å²) >= 11 is 1.28. The van der Waals surface area contributed by atoms with Crippen molar-refractivity contribution in [3.05, 3.63) is 41.7 Å². The largest absolute Gasteiger partial charge is 0.373 e. The molecule has 0 spiro atoms. The summed E-state index contributed by atoms with van der Waals surface area (Å²) in [6.07, 6.45) is 1.73. The molecule has 1 heterocycles. The molecule has 0 atom stereocenters. The lowest BCUT2D eigenvalue weighted by atomic mass is 10.3. The number of nitrogens with one attached hydrogen (secondary N) is 1. The minimum absolute atomic E-state index is 0.604. The van der Waals surface area contributed by atoms with Crippen molar-refractivity contribution in [2.75, 3.05) is 12.4 Å². The van der Waals surface area contributed by atoms with Crippen LogP contribution in [0.5, 0.6) is 0 Å². The highest BCUT2D eigenvalue weighted by atomic mass is 32.2. The Morgan fingerprint density at radius 1 is 1.15 bits per heavy atom. The van der Waals surface area contributed by atoms with Crippen LogP contribution in [-0.4, -0.2) is 17.0 Å². The van der Waals surface area contributed by atoms with Gasteiger partial charge in [0.25, 0.3) is 0 Å². The first-order valence-electron chi connectivity index (χ1n) is 6.31. The third kappa shape index (κ3) is 3.66. The van der Waals surface area contributed by atoms with Gasteiger partial charge in [-0.25, -0.2) is 18.7 Å². The molecule has 0 unspecified atom stereocenters. The van der Waals surface area contributed by atoms with Crippen molar-refractivity contribution in [2.45, 2.75) is 29.7 Å². The number of rotatable bonds is 5. The molecule has 0 saturated heterocycles. The van der Waals surface area contributed by atoms with Crippen molar-refractivity contribution in [1.82, 2.24) is 9.97 Å². The van der Waals surface area contributed by atoms with Crippen molar-refractivity contribution in [2.24, 2.45) is 0 Å². The molecule has 6 heteroatoms. The average Bonchev–Trinajstić information content (AvgIpc) is 2.43. The molecule has 0 amide bonds. The van der Waals surface area contributed by atoms with E-state index in [0.717, 1.165) is 24.7 Å². The Labute approximate surface area is 120 Å². The van der Waals surface area contributed by atoms with Gasteiger partial charge in [-0.05, 0) is 24.6 Å². The fraction of sp³-hybridized carbons (Fsp3) is 0.286. The van der Waals surface area contributed by atoms with E-state index in [1.54, 1.807) is 13.1 Å². The summed E-state index contributed by atoms with van der Waals surface area (Å²) in [5.74, 6) is -0.246. The van der Waals surface area contributed by atoms with Crippen LogP contribution in [0.3, 0.4) is 0 Å². The smallest absolute Gasteiger partial charge is 0.159 e. The molecule has 1 aromatic heterocycles. The summed E-state index contributed by atoms with van der Waals surface area (Å²) in [6.45, 7) is 2.05. The molecule has 0 aliphatic carbocycles. The zero-order valence-corrected chi connectivity index (χ0v) is 12.1. The Hall–Kier alpha value is -1.69. The van der Waals surface area contributed by atoms with Gasteiger partial charge in [-0.15, -0.1) is 0 Å². The van der Waals surface area contributed by atoms with Crippen molar-refractivity contribution >= 4 is 17.6 Å². The molecule has 1 aromatic carbocycles. The van der Waals surface area contributed by atoms with Gasteiger partial charge in [0.05, 0.1) is 0 Å². The SMILES string of the molecule is CCCc1nc(NC)cc(Sc2ccc(F)c(F)c2)n1. The molecular formula is C14H15F2N3S. The van der Waals surface area contributed by atoms with Gasteiger partial charge in [0.15, 0.2) is 11.6 Å². The van der Waals surface area contributed by atoms with Crippen LogP contribution in [-0.2, 0) is 6.42 Å². The Balaban J connectivity index is 2.27. The zero-order chi connectivity index (χ0) is 14.5. The standard InChI is InChI=1S/C14H15F2N3S/c1-3-4-12-18-13(17-2)8-14(19-12)20-9-5-6-10(15)11(16)7-9/h5-8H,3-4H2,1-2H3,(H,17,18,19). The lowest BCUT2D eigenvalue weighted by Crippen LogP contribution is -2.01. The zero-order valence-electron chi connectivity index (χ0n) is 11.3. The summed E-state index contributed by atoms with van der Waals surface area (Å²) in [7, 11) is 1.78. The molecule has 1 N–H and O–H groups in total. The highest BCUT2D eigenvalue weighted by Crippen LogP contribution is 2.28. The van der Waals surface area contributed by atoms with E-state index in [4.69, 9.17) is 0 Å². The first-order valence-corrected chi connectivity index (χ1v) is 7.12. The van der Waals surface area contributed by atoms with Crippen molar-refractivity contribution < 1.29 is 8.78 Å². The predicted octanol–water partition coefficient (Wildman–Crippen LogP) is 3.90. The van der Waals surface area contributed by atoms with E-state index in [1.165, 1.54) is 23.9 Å². The molecule has 3 nitrogen and oxygen atoms in total. The molecule has 2 aromatic rings. The van der Waals surface area contributed by atoms with Crippen LogP contribution in [0.2, 0.25) is 0 Å². The number of halogens is 2. The third-order valence-electron chi connectivity index (χ3n) is 2.59.